The van der Waals surface area contributed by atoms with Gasteiger partial charge < -0.3 is 19.7 Å². The number of rotatable bonds is 4. The quantitative estimate of drug-likeness (QED) is 0.911. The van der Waals surface area contributed by atoms with Crippen molar-refractivity contribution in [2.24, 2.45) is 0 Å². The van der Waals surface area contributed by atoms with Gasteiger partial charge in [-0.25, -0.2) is 0 Å². The molecule has 2 atom stereocenters. The van der Waals surface area contributed by atoms with Crippen LogP contribution in [0.15, 0.2) is 18.2 Å². The molecule has 0 saturated carbocycles. The number of nitrogens with one attached hydrogen (secondary N) is 1. The molecule has 1 N–H and O–H groups in total. The number of halogens is 1. The zero-order chi connectivity index (χ0) is 15.5. The number of ether oxygens (including phenoxy) is 2. The largest absolute Gasteiger partial charge is 0.497 e. The van der Waals surface area contributed by atoms with Crippen LogP contribution in [0.1, 0.15) is 24.8 Å². The number of amides is 1. The first-order valence-electron chi connectivity index (χ1n) is 7.95. The Morgan fingerprint density at radius 3 is 2.74 bits per heavy atom. The maximum atomic E-state index is 12.9. The van der Waals surface area contributed by atoms with Gasteiger partial charge in [0, 0.05) is 24.2 Å². The Balaban J connectivity index is 0.00000192. The fraction of sp³-hybridized carbons (Fsp3) is 0.588. The predicted molar refractivity (Wildman–Crippen MR) is 91.6 cm³/mol. The molecule has 3 rings (SSSR count). The van der Waals surface area contributed by atoms with Crippen LogP contribution in [0.3, 0.4) is 0 Å². The first-order valence-corrected chi connectivity index (χ1v) is 7.95. The van der Waals surface area contributed by atoms with Crippen LogP contribution in [-0.4, -0.2) is 50.2 Å². The highest BCUT2D eigenvalue weighted by atomic mass is 35.5. The van der Waals surface area contributed by atoms with Crippen molar-refractivity contribution >= 4 is 18.3 Å². The first kappa shape index (κ1) is 17.9. The van der Waals surface area contributed by atoms with Gasteiger partial charge in [-0.2, -0.15) is 0 Å². The Morgan fingerprint density at radius 1 is 1.22 bits per heavy atom. The van der Waals surface area contributed by atoms with Crippen molar-refractivity contribution in [3.05, 3.63) is 23.8 Å². The third kappa shape index (κ3) is 3.72. The molecule has 1 amide bonds. The summed E-state index contributed by atoms with van der Waals surface area (Å²) in [6, 6.07) is 6.35. The van der Waals surface area contributed by atoms with Crippen LogP contribution in [0.25, 0.3) is 0 Å². The number of benzene rings is 1. The molecule has 1 aromatic carbocycles. The molecule has 2 aliphatic heterocycles. The van der Waals surface area contributed by atoms with Gasteiger partial charge in [-0.15, -0.1) is 12.4 Å². The van der Waals surface area contributed by atoms with E-state index >= 15 is 0 Å². The summed E-state index contributed by atoms with van der Waals surface area (Å²) in [6.07, 6.45) is 3.66. The molecule has 0 aromatic heterocycles. The Kier molecular flexibility index (Phi) is 6.13. The molecule has 2 heterocycles. The molecular weight excluding hydrogens is 316 g/mol. The molecule has 5 nitrogen and oxygen atoms in total. The molecule has 0 radical (unpaired) electrons. The summed E-state index contributed by atoms with van der Waals surface area (Å²) in [6.45, 7) is 1.92. The highest BCUT2D eigenvalue weighted by molar-refractivity contribution is 5.85. The van der Waals surface area contributed by atoms with Crippen molar-refractivity contribution in [2.45, 2.75) is 37.8 Å². The minimum atomic E-state index is 0. The number of carbonyl (C=O) groups excluding carboxylic acids is 1. The van der Waals surface area contributed by atoms with E-state index in [2.05, 4.69) is 10.2 Å². The lowest BCUT2D eigenvalue weighted by atomic mass is 10.1. The maximum absolute atomic E-state index is 12.9. The van der Waals surface area contributed by atoms with E-state index in [1.165, 1.54) is 0 Å². The Morgan fingerprint density at radius 2 is 2.00 bits per heavy atom. The van der Waals surface area contributed by atoms with E-state index in [-0.39, 0.29) is 18.3 Å². The molecule has 128 valence electrons. The van der Waals surface area contributed by atoms with Crippen LogP contribution in [-0.2, 0) is 11.2 Å². The molecule has 2 unspecified atom stereocenters. The second-order valence-electron chi connectivity index (χ2n) is 6.03. The Hall–Kier alpha value is -1.46. The van der Waals surface area contributed by atoms with Gasteiger partial charge in [0.25, 0.3) is 0 Å². The Labute approximate surface area is 143 Å². The summed E-state index contributed by atoms with van der Waals surface area (Å²) >= 11 is 0. The van der Waals surface area contributed by atoms with Gasteiger partial charge >= 0.3 is 0 Å². The van der Waals surface area contributed by atoms with E-state index < -0.39 is 0 Å². The van der Waals surface area contributed by atoms with Crippen molar-refractivity contribution < 1.29 is 14.3 Å². The molecule has 2 saturated heterocycles. The summed E-state index contributed by atoms with van der Waals surface area (Å²) in [5.74, 6) is 1.70. The third-order valence-electron chi connectivity index (χ3n) is 4.77. The van der Waals surface area contributed by atoms with Crippen molar-refractivity contribution in [1.29, 1.82) is 0 Å². The van der Waals surface area contributed by atoms with E-state index in [4.69, 9.17) is 9.47 Å². The van der Waals surface area contributed by atoms with Gasteiger partial charge in [0.05, 0.1) is 20.6 Å². The summed E-state index contributed by atoms with van der Waals surface area (Å²) < 4.78 is 10.7. The standard InChI is InChI=1S/C17H24N2O3.ClH/c1-21-15-5-6-16(22-2)12(9-15)10-17(20)19-13-3-4-14(19)11-18-8-7-13;/h5-6,9,13-14,18H,3-4,7-8,10-11H2,1-2H3;1H. The van der Waals surface area contributed by atoms with Gasteiger partial charge in [-0.1, -0.05) is 0 Å². The van der Waals surface area contributed by atoms with Gasteiger partial charge in [-0.3, -0.25) is 4.79 Å². The summed E-state index contributed by atoms with van der Waals surface area (Å²) in [5, 5.41) is 3.43. The topological polar surface area (TPSA) is 50.8 Å². The molecule has 0 spiro atoms. The lowest BCUT2D eigenvalue weighted by molar-refractivity contribution is -0.133. The average molecular weight is 341 g/mol. The highest BCUT2D eigenvalue weighted by Gasteiger charge is 2.37. The third-order valence-corrected chi connectivity index (χ3v) is 4.77. The zero-order valence-corrected chi connectivity index (χ0v) is 14.5. The fourth-order valence-electron chi connectivity index (χ4n) is 3.66. The van der Waals surface area contributed by atoms with Crippen LogP contribution >= 0.6 is 12.4 Å². The molecule has 0 aliphatic carbocycles. The minimum Gasteiger partial charge on any atom is -0.497 e. The van der Waals surface area contributed by atoms with E-state index in [9.17, 15) is 4.79 Å². The molecule has 2 fully saturated rings. The van der Waals surface area contributed by atoms with Crippen LogP contribution in [0, 0.1) is 0 Å². The van der Waals surface area contributed by atoms with Crippen LogP contribution in [0.2, 0.25) is 0 Å². The fourth-order valence-corrected chi connectivity index (χ4v) is 3.66. The van der Waals surface area contributed by atoms with Crippen molar-refractivity contribution in [3.8, 4) is 11.5 Å². The van der Waals surface area contributed by atoms with Gasteiger partial charge in [0.2, 0.25) is 5.91 Å². The van der Waals surface area contributed by atoms with Gasteiger partial charge in [0.1, 0.15) is 11.5 Å². The van der Waals surface area contributed by atoms with E-state index in [1.54, 1.807) is 14.2 Å². The number of hydrogen-bond acceptors (Lipinski definition) is 4. The second kappa shape index (κ2) is 7.88. The molecule has 2 aliphatic rings. The molecular formula is C17H25ClN2O3. The smallest absolute Gasteiger partial charge is 0.227 e. The predicted octanol–water partition coefficient (Wildman–Crippen LogP) is 2.02. The lowest BCUT2D eigenvalue weighted by Gasteiger charge is -2.28. The summed E-state index contributed by atoms with van der Waals surface area (Å²) in [4.78, 5) is 15.0. The number of nitrogens with zero attached hydrogens (tertiary/aromatic N) is 1. The summed E-state index contributed by atoms with van der Waals surface area (Å²) in [7, 11) is 3.27. The van der Waals surface area contributed by atoms with Crippen LogP contribution < -0.4 is 14.8 Å². The summed E-state index contributed by atoms with van der Waals surface area (Å²) in [5.41, 5.74) is 0.892. The SMILES string of the molecule is COc1ccc(OC)c(CC(=O)N2C3CCNCC2CC3)c1.Cl. The zero-order valence-electron chi connectivity index (χ0n) is 13.7. The van der Waals surface area contributed by atoms with E-state index in [1.807, 2.05) is 18.2 Å². The van der Waals surface area contributed by atoms with E-state index in [0.29, 0.717) is 18.5 Å². The maximum Gasteiger partial charge on any atom is 0.227 e. The molecule has 1 aromatic rings. The number of methoxy groups -OCH3 is 2. The number of carbonyl (C=O) groups is 1. The minimum absolute atomic E-state index is 0. The average Bonchev–Trinajstić information content (AvgIpc) is 2.80. The van der Waals surface area contributed by atoms with Crippen molar-refractivity contribution in [1.82, 2.24) is 10.2 Å². The number of hydrogen-bond donors (Lipinski definition) is 1. The molecule has 23 heavy (non-hydrogen) atoms. The van der Waals surface area contributed by atoms with Gasteiger partial charge in [-0.05, 0) is 44.0 Å². The first-order chi connectivity index (χ1) is 10.7. The normalized spacial score (nSPS) is 23.0. The second-order valence-corrected chi connectivity index (χ2v) is 6.03. The molecule has 6 heteroatoms. The highest BCUT2D eigenvalue weighted by Crippen LogP contribution is 2.30. The van der Waals surface area contributed by atoms with Crippen molar-refractivity contribution in [3.63, 3.8) is 0 Å². The monoisotopic (exact) mass is 340 g/mol. The van der Waals surface area contributed by atoms with Crippen LogP contribution in [0.4, 0.5) is 0 Å². The number of fused-ring (bicyclic) bond motifs is 2. The van der Waals surface area contributed by atoms with Gasteiger partial charge in [0.15, 0.2) is 0 Å². The van der Waals surface area contributed by atoms with Crippen LogP contribution in [0.5, 0.6) is 11.5 Å². The van der Waals surface area contributed by atoms with E-state index in [0.717, 1.165) is 49.4 Å². The Bertz CT molecular complexity index is 539. The van der Waals surface area contributed by atoms with Crippen molar-refractivity contribution in [2.75, 3.05) is 27.3 Å². The lowest BCUT2D eigenvalue weighted by Crippen LogP contribution is -2.43. The molecule has 2 bridgehead atoms.